The van der Waals surface area contributed by atoms with Crippen LogP contribution >= 0.6 is 0 Å². The summed E-state index contributed by atoms with van der Waals surface area (Å²) in [6, 6.07) is 5.74. The number of rotatable bonds is 9. The number of benzene rings is 1. The van der Waals surface area contributed by atoms with Crippen molar-refractivity contribution in [3.8, 4) is 22.8 Å². The molecule has 3 aromatic rings. The summed E-state index contributed by atoms with van der Waals surface area (Å²) in [5.41, 5.74) is 8.78. The maximum Gasteiger partial charge on any atom is 0.165 e. The Morgan fingerprint density at radius 2 is 1.97 bits per heavy atom. The normalized spacial score (nSPS) is 11.0. The number of aliphatic hydroxyl groups is 1. The number of pyridine rings is 1. The highest BCUT2D eigenvalue weighted by Crippen LogP contribution is 2.29. The van der Waals surface area contributed by atoms with Crippen LogP contribution in [0.3, 0.4) is 0 Å². The SMILES string of the molecule is Cn1ncc(CCCCCOc2ccc(F)cc2CO)c1-c1cnc(N)c(O)c1. The Morgan fingerprint density at radius 1 is 1.14 bits per heavy atom. The Kier molecular flexibility index (Phi) is 6.66. The number of aliphatic hydroxyl groups excluding tert-OH is 1. The van der Waals surface area contributed by atoms with Gasteiger partial charge < -0.3 is 20.7 Å². The number of aryl methyl sites for hydroxylation is 2. The molecule has 3 rings (SSSR count). The average molecular weight is 400 g/mol. The number of hydrogen-bond acceptors (Lipinski definition) is 6. The van der Waals surface area contributed by atoms with E-state index in [1.165, 1.54) is 12.1 Å². The molecule has 154 valence electrons. The van der Waals surface area contributed by atoms with Crippen molar-refractivity contribution in [3.05, 3.63) is 53.6 Å². The summed E-state index contributed by atoms with van der Waals surface area (Å²) in [6.45, 7) is 0.237. The van der Waals surface area contributed by atoms with Crippen LogP contribution < -0.4 is 10.5 Å². The molecule has 0 aliphatic rings. The number of anilines is 1. The lowest BCUT2D eigenvalue weighted by Gasteiger charge is -2.10. The maximum atomic E-state index is 13.2. The van der Waals surface area contributed by atoms with E-state index < -0.39 is 5.82 Å². The lowest BCUT2D eigenvalue weighted by Crippen LogP contribution is -2.01. The van der Waals surface area contributed by atoms with Crippen LogP contribution in [0.25, 0.3) is 11.3 Å². The molecule has 8 heteroatoms. The van der Waals surface area contributed by atoms with Gasteiger partial charge in [-0.05, 0) is 55.5 Å². The third-order valence-corrected chi connectivity index (χ3v) is 4.73. The van der Waals surface area contributed by atoms with E-state index in [4.69, 9.17) is 10.5 Å². The fraction of sp³-hybridized carbons (Fsp3) is 0.333. The lowest BCUT2D eigenvalue weighted by atomic mass is 10.0. The van der Waals surface area contributed by atoms with E-state index in [0.717, 1.165) is 42.5 Å². The third-order valence-electron chi connectivity index (χ3n) is 4.73. The Bertz CT molecular complexity index is 975. The summed E-state index contributed by atoms with van der Waals surface area (Å²) in [7, 11) is 1.85. The van der Waals surface area contributed by atoms with E-state index in [-0.39, 0.29) is 18.2 Å². The summed E-state index contributed by atoms with van der Waals surface area (Å²) in [5, 5.41) is 23.4. The van der Waals surface area contributed by atoms with Gasteiger partial charge >= 0.3 is 0 Å². The van der Waals surface area contributed by atoms with E-state index in [0.29, 0.717) is 17.9 Å². The second-order valence-corrected chi connectivity index (χ2v) is 6.84. The van der Waals surface area contributed by atoms with E-state index in [9.17, 15) is 14.6 Å². The number of nitrogens with zero attached hydrogens (tertiary/aromatic N) is 3. The molecule has 0 spiro atoms. The quantitative estimate of drug-likeness (QED) is 0.476. The number of ether oxygens (including phenoxy) is 1. The highest BCUT2D eigenvalue weighted by molar-refractivity contribution is 5.66. The van der Waals surface area contributed by atoms with Gasteiger partial charge in [0.05, 0.1) is 25.1 Å². The van der Waals surface area contributed by atoms with Gasteiger partial charge in [-0.15, -0.1) is 0 Å². The van der Waals surface area contributed by atoms with Gasteiger partial charge in [0.2, 0.25) is 0 Å². The highest BCUT2D eigenvalue weighted by atomic mass is 19.1. The monoisotopic (exact) mass is 400 g/mol. The van der Waals surface area contributed by atoms with Crippen molar-refractivity contribution in [2.75, 3.05) is 12.3 Å². The topological polar surface area (TPSA) is 106 Å². The van der Waals surface area contributed by atoms with Gasteiger partial charge in [0.25, 0.3) is 0 Å². The zero-order chi connectivity index (χ0) is 20.8. The minimum atomic E-state index is -0.390. The van der Waals surface area contributed by atoms with Crippen molar-refractivity contribution in [1.29, 1.82) is 0 Å². The third kappa shape index (κ3) is 5.03. The Labute approximate surface area is 168 Å². The molecule has 2 heterocycles. The molecule has 0 bridgehead atoms. The Hall–Kier alpha value is -3.13. The van der Waals surface area contributed by atoms with Gasteiger partial charge in [-0.1, -0.05) is 0 Å². The molecule has 0 saturated carbocycles. The van der Waals surface area contributed by atoms with Gasteiger partial charge in [-0.3, -0.25) is 4.68 Å². The highest BCUT2D eigenvalue weighted by Gasteiger charge is 2.13. The van der Waals surface area contributed by atoms with E-state index in [2.05, 4.69) is 10.1 Å². The largest absolute Gasteiger partial charge is 0.504 e. The number of unbranched alkanes of at least 4 members (excludes halogenated alkanes) is 2. The van der Waals surface area contributed by atoms with Crippen LogP contribution in [-0.2, 0) is 20.1 Å². The van der Waals surface area contributed by atoms with Crippen LogP contribution in [0.4, 0.5) is 10.2 Å². The predicted molar refractivity (Wildman–Crippen MR) is 108 cm³/mol. The molecule has 0 saturated heterocycles. The Balaban J connectivity index is 1.51. The lowest BCUT2D eigenvalue weighted by molar-refractivity contribution is 0.259. The molecule has 0 fully saturated rings. The van der Waals surface area contributed by atoms with E-state index in [1.807, 2.05) is 13.2 Å². The predicted octanol–water partition coefficient (Wildman–Crippen LogP) is 3.19. The zero-order valence-electron chi connectivity index (χ0n) is 16.3. The van der Waals surface area contributed by atoms with Gasteiger partial charge in [0.15, 0.2) is 11.6 Å². The number of nitrogen functional groups attached to an aromatic ring is 1. The van der Waals surface area contributed by atoms with E-state index in [1.54, 1.807) is 23.0 Å². The molecule has 1 aromatic carbocycles. The molecule has 7 nitrogen and oxygen atoms in total. The standard InChI is InChI=1S/C21H25FN4O3/c1-26-20(15-10-18(28)21(23)24-11-15)14(12-25-26)5-3-2-4-8-29-19-7-6-17(22)9-16(19)13-27/h6-7,9-12,27-28H,2-5,8,13H2,1H3,(H2,23,24). The first-order chi connectivity index (χ1) is 14.0. The second kappa shape index (κ2) is 9.38. The van der Waals surface area contributed by atoms with Crippen molar-refractivity contribution >= 4 is 5.82 Å². The molecular weight excluding hydrogens is 375 g/mol. The van der Waals surface area contributed by atoms with Crippen LogP contribution in [-0.4, -0.2) is 31.6 Å². The first-order valence-electron chi connectivity index (χ1n) is 9.47. The molecule has 0 unspecified atom stereocenters. The molecule has 0 aliphatic heterocycles. The summed E-state index contributed by atoms with van der Waals surface area (Å²) < 4.78 is 20.6. The van der Waals surface area contributed by atoms with E-state index >= 15 is 0 Å². The molecule has 0 radical (unpaired) electrons. The van der Waals surface area contributed by atoms with Crippen LogP contribution in [0, 0.1) is 5.82 Å². The van der Waals surface area contributed by atoms with Crippen LogP contribution in [0.1, 0.15) is 30.4 Å². The van der Waals surface area contributed by atoms with Crippen molar-refractivity contribution in [2.24, 2.45) is 7.05 Å². The summed E-state index contributed by atoms with van der Waals surface area (Å²) in [4.78, 5) is 4.01. The van der Waals surface area contributed by atoms with Gasteiger partial charge in [-0.25, -0.2) is 9.37 Å². The summed E-state index contributed by atoms with van der Waals surface area (Å²) in [6.07, 6.45) is 6.99. The smallest absolute Gasteiger partial charge is 0.165 e. The summed E-state index contributed by atoms with van der Waals surface area (Å²) >= 11 is 0. The average Bonchev–Trinajstić information content (AvgIpc) is 3.08. The molecule has 4 N–H and O–H groups in total. The molecule has 29 heavy (non-hydrogen) atoms. The van der Waals surface area contributed by atoms with Crippen molar-refractivity contribution < 1.29 is 19.3 Å². The minimum Gasteiger partial charge on any atom is -0.504 e. The first-order valence-corrected chi connectivity index (χ1v) is 9.47. The van der Waals surface area contributed by atoms with Crippen molar-refractivity contribution in [1.82, 2.24) is 14.8 Å². The number of halogens is 1. The van der Waals surface area contributed by atoms with Crippen molar-refractivity contribution in [3.63, 3.8) is 0 Å². The second-order valence-electron chi connectivity index (χ2n) is 6.84. The summed E-state index contributed by atoms with van der Waals surface area (Å²) in [5.74, 6) is 0.176. The van der Waals surface area contributed by atoms with Crippen LogP contribution in [0.2, 0.25) is 0 Å². The maximum absolute atomic E-state index is 13.2. The zero-order valence-corrected chi connectivity index (χ0v) is 16.3. The van der Waals surface area contributed by atoms with Gasteiger partial charge in [0.1, 0.15) is 11.6 Å². The van der Waals surface area contributed by atoms with Gasteiger partial charge in [-0.2, -0.15) is 5.10 Å². The van der Waals surface area contributed by atoms with Crippen LogP contribution in [0.15, 0.2) is 36.7 Å². The number of nitrogens with two attached hydrogens (primary N) is 1. The number of aromatic hydroxyl groups is 1. The Morgan fingerprint density at radius 3 is 2.72 bits per heavy atom. The molecule has 2 aromatic heterocycles. The van der Waals surface area contributed by atoms with Crippen LogP contribution in [0.5, 0.6) is 11.5 Å². The molecule has 0 amide bonds. The first kappa shape index (κ1) is 20.6. The molecule has 0 aliphatic carbocycles. The van der Waals surface area contributed by atoms with Crippen molar-refractivity contribution in [2.45, 2.75) is 32.3 Å². The van der Waals surface area contributed by atoms with Gasteiger partial charge in [0, 0.05) is 24.4 Å². The fourth-order valence-electron chi connectivity index (χ4n) is 3.22. The fourth-order valence-corrected chi connectivity index (χ4v) is 3.22. The minimum absolute atomic E-state index is 0.0464. The number of aromatic nitrogens is 3. The number of hydrogen-bond donors (Lipinski definition) is 3. The molecular formula is C21H25FN4O3. The molecule has 0 atom stereocenters.